The molecule has 0 aliphatic rings. The Balaban J connectivity index is 1.36. The molecule has 2 amide bonds. The lowest BCUT2D eigenvalue weighted by atomic mass is 10.1. The Hall–Kier alpha value is -5.99. The second-order valence-electron chi connectivity index (χ2n) is 12.0. The van der Waals surface area contributed by atoms with Gasteiger partial charge in [-0.3, -0.25) is 14.5 Å². The smallest absolute Gasteiger partial charge is 0.448 e. The van der Waals surface area contributed by atoms with Gasteiger partial charge in [0.05, 0.1) is 37.2 Å². The van der Waals surface area contributed by atoms with Crippen molar-refractivity contribution < 1.29 is 38.1 Å². The van der Waals surface area contributed by atoms with Gasteiger partial charge >= 0.3 is 18.2 Å². The molecule has 2 aromatic carbocycles. The van der Waals surface area contributed by atoms with Crippen molar-refractivity contribution in [3.8, 4) is 0 Å². The number of anilines is 2. The molecule has 0 aliphatic heterocycles. The molecule has 15 heteroatoms. The SMILES string of the molecule is CCCCCCOC(=O)/N=C(/N)c1ccc(NCc2nc3cc(C(=O)N(CCC(=O)OCOC(=O)OCCCC)c4ccccn4)ccc3n2C)cc1. The maximum absolute atomic E-state index is 13.8. The van der Waals surface area contributed by atoms with Crippen LogP contribution in [0.2, 0.25) is 0 Å². The number of pyridine rings is 1. The van der Waals surface area contributed by atoms with Crippen LogP contribution in [0.25, 0.3) is 11.0 Å². The van der Waals surface area contributed by atoms with E-state index in [4.69, 9.17) is 29.7 Å². The van der Waals surface area contributed by atoms with Crippen molar-refractivity contribution in [2.45, 2.75) is 65.3 Å². The molecule has 0 saturated carbocycles. The fourth-order valence-corrected chi connectivity index (χ4v) is 5.11. The van der Waals surface area contributed by atoms with Gasteiger partial charge in [-0.1, -0.05) is 45.6 Å². The quantitative estimate of drug-likeness (QED) is 0.0267. The van der Waals surface area contributed by atoms with Crippen molar-refractivity contribution in [1.82, 2.24) is 14.5 Å². The molecule has 3 N–H and O–H groups in total. The number of benzene rings is 2. The predicted molar refractivity (Wildman–Crippen MR) is 200 cm³/mol. The summed E-state index contributed by atoms with van der Waals surface area (Å²) in [5.74, 6) is 0.0872. The van der Waals surface area contributed by atoms with E-state index in [0.717, 1.165) is 49.1 Å². The second kappa shape index (κ2) is 20.8. The fraction of sp³-hybridized carbons (Fsp3) is 0.395. The molecule has 0 unspecified atom stereocenters. The zero-order valence-corrected chi connectivity index (χ0v) is 30.4. The highest BCUT2D eigenvalue weighted by Gasteiger charge is 2.22. The molecule has 2 heterocycles. The van der Waals surface area contributed by atoms with Crippen molar-refractivity contribution in [1.29, 1.82) is 0 Å². The second-order valence-corrected chi connectivity index (χ2v) is 12.0. The summed E-state index contributed by atoms with van der Waals surface area (Å²) in [6.07, 6.45) is 5.29. The van der Waals surface area contributed by atoms with Gasteiger partial charge in [-0.25, -0.2) is 19.6 Å². The summed E-state index contributed by atoms with van der Waals surface area (Å²) in [6.45, 7) is 4.36. The topological polar surface area (TPSA) is 190 Å². The third-order valence-electron chi connectivity index (χ3n) is 8.11. The number of nitrogens with zero attached hydrogens (tertiary/aromatic N) is 5. The third kappa shape index (κ3) is 12.3. The number of nitrogens with two attached hydrogens (primary N) is 1. The summed E-state index contributed by atoms with van der Waals surface area (Å²) in [5.41, 5.74) is 9.19. The number of unbranched alkanes of at least 4 members (excludes halogenated alkanes) is 4. The Bertz CT molecular complexity index is 1840. The number of imidazole rings is 1. The monoisotopic (exact) mass is 729 g/mol. The number of esters is 1. The van der Waals surface area contributed by atoms with Crippen LogP contribution in [0.1, 0.15) is 80.5 Å². The van der Waals surface area contributed by atoms with Gasteiger partial charge < -0.3 is 34.6 Å². The van der Waals surface area contributed by atoms with Crippen LogP contribution in [-0.2, 0) is 37.3 Å². The van der Waals surface area contributed by atoms with Gasteiger partial charge in [0.25, 0.3) is 5.91 Å². The predicted octanol–water partition coefficient (Wildman–Crippen LogP) is 6.49. The van der Waals surface area contributed by atoms with Crippen LogP contribution in [0.3, 0.4) is 0 Å². The fourth-order valence-electron chi connectivity index (χ4n) is 5.11. The maximum Gasteiger partial charge on any atom is 0.511 e. The summed E-state index contributed by atoms with van der Waals surface area (Å²) < 4.78 is 21.7. The van der Waals surface area contributed by atoms with E-state index >= 15 is 0 Å². The molecule has 53 heavy (non-hydrogen) atoms. The number of ether oxygens (including phenoxy) is 4. The number of rotatable bonds is 19. The number of nitrogens with one attached hydrogen (secondary N) is 1. The number of fused-ring (bicyclic) bond motifs is 1. The number of amidine groups is 1. The highest BCUT2D eigenvalue weighted by molar-refractivity contribution is 6.07. The molecule has 0 saturated heterocycles. The number of aromatic nitrogens is 3. The largest absolute Gasteiger partial charge is 0.511 e. The average molecular weight is 730 g/mol. The van der Waals surface area contributed by atoms with Crippen molar-refractivity contribution in [2.24, 2.45) is 17.8 Å². The minimum absolute atomic E-state index is 0.0371. The van der Waals surface area contributed by atoms with Crippen molar-refractivity contribution in [3.05, 3.63) is 83.8 Å². The van der Waals surface area contributed by atoms with E-state index in [1.54, 1.807) is 48.7 Å². The molecule has 0 fully saturated rings. The Kier molecular flexibility index (Phi) is 15.6. The Morgan fingerprint density at radius 1 is 0.868 bits per heavy atom. The zero-order chi connectivity index (χ0) is 38.0. The lowest BCUT2D eigenvalue weighted by molar-refractivity contribution is -0.153. The van der Waals surface area contributed by atoms with E-state index in [9.17, 15) is 19.2 Å². The number of aryl methyl sites for hydroxylation is 1. The van der Waals surface area contributed by atoms with Gasteiger partial charge in [0.1, 0.15) is 17.5 Å². The summed E-state index contributed by atoms with van der Waals surface area (Å²) in [4.78, 5) is 64.1. The van der Waals surface area contributed by atoms with E-state index in [2.05, 4.69) is 22.2 Å². The van der Waals surface area contributed by atoms with E-state index < -0.39 is 25.0 Å². The average Bonchev–Trinajstić information content (AvgIpc) is 3.48. The van der Waals surface area contributed by atoms with Gasteiger partial charge in [0.15, 0.2) is 0 Å². The highest BCUT2D eigenvalue weighted by atomic mass is 16.8. The van der Waals surface area contributed by atoms with Crippen LogP contribution in [-0.4, -0.2) is 71.0 Å². The standard InChI is InChI=1S/C38H47N7O8/c1-4-6-8-11-23-50-37(48)43-35(39)27-13-16-29(17-14-27)41-25-33-42-30-24-28(15-18-31(30)44(33)3)36(47)45(32-12-9-10-20-40-32)21-19-34(46)52-26-53-38(49)51-22-7-5-2/h9-10,12-18,20,24,41H,4-8,11,19,21-23,25-26H2,1-3H3,(H2,39,43,48). The molecule has 0 aliphatic carbocycles. The van der Waals surface area contributed by atoms with E-state index in [0.29, 0.717) is 42.0 Å². The van der Waals surface area contributed by atoms with Crippen LogP contribution in [0.15, 0.2) is 71.9 Å². The first-order valence-corrected chi connectivity index (χ1v) is 17.7. The molecule has 0 atom stereocenters. The molecular weight excluding hydrogens is 682 g/mol. The number of amides is 2. The molecule has 0 spiro atoms. The molecule has 0 bridgehead atoms. The van der Waals surface area contributed by atoms with Crippen LogP contribution >= 0.6 is 0 Å². The van der Waals surface area contributed by atoms with Crippen molar-refractivity contribution in [3.63, 3.8) is 0 Å². The minimum atomic E-state index is -0.921. The first-order valence-electron chi connectivity index (χ1n) is 17.7. The van der Waals surface area contributed by atoms with Crippen LogP contribution in [0, 0.1) is 0 Å². The molecular formula is C38H47N7O8. The minimum Gasteiger partial charge on any atom is -0.448 e. The first kappa shape index (κ1) is 39.8. The van der Waals surface area contributed by atoms with Crippen LogP contribution in [0.5, 0.6) is 0 Å². The third-order valence-corrected chi connectivity index (χ3v) is 8.11. The normalized spacial score (nSPS) is 11.2. The number of hydrogen-bond acceptors (Lipinski definition) is 11. The lowest BCUT2D eigenvalue weighted by Crippen LogP contribution is -2.34. The Morgan fingerprint density at radius 3 is 2.36 bits per heavy atom. The molecule has 4 aromatic rings. The van der Waals surface area contributed by atoms with Crippen molar-refractivity contribution in [2.75, 3.05) is 36.8 Å². The number of hydrogen-bond donors (Lipinski definition) is 2. The van der Waals surface area contributed by atoms with E-state index in [1.807, 2.05) is 36.7 Å². The van der Waals surface area contributed by atoms with Gasteiger partial charge in [-0.05, 0) is 67.4 Å². The van der Waals surface area contributed by atoms with E-state index in [1.165, 1.54) is 4.90 Å². The van der Waals surface area contributed by atoms with Gasteiger partial charge in [0.2, 0.25) is 6.79 Å². The van der Waals surface area contributed by atoms with Crippen molar-refractivity contribution >= 4 is 52.5 Å². The van der Waals surface area contributed by atoms with Crippen LogP contribution in [0.4, 0.5) is 21.1 Å². The summed E-state index contributed by atoms with van der Waals surface area (Å²) in [6, 6.07) is 17.5. The molecule has 15 nitrogen and oxygen atoms in total. The van der Waals surface area contributed by atoms with Crippen LogP contribution < -0.4 is 16.0 Å². The van der Waals surface area contributed by atoms with Gasteiger partial charge in [0, 0.05) is 36.6 Å². The summed E-state index contributed by atoms with van der Waals surface area (Å²) in [7, 11) is 1.89. The van der Waals surface area contributed by atoms with E-state index in [-0.39, 0.29) is 31.3 Å². The Morgan fingerprint density at radius 2 is 1.62 bits per heavy atom. The highest BCUT2D eigenvalue weighted by Crippen LogP contribution is 2.21. The summed E-state index contributed by atoms with van der Waals surface area (Å²) in [5, 5.41) is 3.33. The summed E-state index contributed by atoms with van der Waals surface area (Å²) >= 11 is 0. The molecule has 282 valence electrons. The first-order chi connectivity index (χ1) is 25.7. The van der Waals surface area contributed by atoms with Gasteiger partial charge in [-0.15, -0.1) is 0 Å². The zero-order valence-electron chi connectivity index (χ0n) is 30.4. The molecule has 0 radical (unpaired) electrons. The van der Waals surface area contributed by atoms with Gasteiger partial charge in [-0.2, -0.15) is 4.99 Å². The number of carbonyl (C=O) groups is 4. The lowest BCUT2D eigenvalue weighted by Gasteiger charge is -2.21. The number of aliphatic imine (C=N–C) groups is 1. The maximum atomic E-state index is 13.8. The Labute approximate surface area is 308 Å². The number of carbonyl (C=O) groups excluding carboxylic acids is 4. The molecule has 2 aromatic heterocycles. The molecule has 4 rings (SSSR count).